The number of aldehydes is 1. The fraction of sp³-hybridized carbons (Fsp3) is 0.464. The van der Waals surface area contributed by atoms with E-state index in [1.54, 1.807) is 12.4 Å². The highest BCUT2D eigenvalue weighted by Gasteiger charge is 2.29. The lowest BCUT2D eigenvalue weighted by atomic mass is 10.1. The maximum absolute atomic E-state index is 10.8. The van der Waals surface area contributed by atoms with Crippen LogP contribution in [0.25, 0.3) is 11.3 Å². The van der Waals surface area contributed by atoms with Crippen molar-refractivity contribution in [3.05, 3.63) is 47.8 Å². The van der Waals surface area contributed by atoms with Crippen molar-refractivity contribution in [1.82, 2.24) is 29.7 Å². The Morgan fingerprint density at radius 1 is 0.897 bits per heavy atom. The summed E-state index contributed by atoms with van der Waals surface area (Å²) in [5.74, 6) is 1.90. The zero-order chi connectivity index (χ0) is 26.6. The third kappa shape index (κ3) is 5.70. The van der Waals surface area contributed by atoms with E-state index in [2.05, 4.69) is 53.8 Å². The molecule has 6 rings (SSSR count). The van der Waals surface area contributed by atoms with Gasteiger partial charge in [-0.1, -0.05) is 12.1 Å². The number of hydrogen-bond donors (Lipinski definition) is 1. The second kappa shape index (κ2) is 11.6. The summed E-state index contributed by atoms with van der Waals surface area (Å²) in [5.41, 5.74) is 11.0. The second-order valence-electron chi connectivity index (χ2n) is 10.2. The molecule has 2 fully saturated rings. The number of aromatic nitrogens is 4. The van der Waals surface area contributed by atoms with Crippen LogP contribution in [0.15, 0.2) is 36.7 Å². The van der Waals surface area contributed by atoms with E-state index >= 15 is 0 Å². The fourth-order valence-corrected chi connectivity index (χ4v) is 5.53. The summed E-state index contributed by atoms with van der Waals surface area (Å²) < 4.78 is 5.56. The minimum atomic E-state index is 0.250. The highest BCUT2D eigenvalue weighted by atomic mass is 16.5. The van der Waals surface area contributed by atoms with Crippen molar-refractivity contribution in [3.8, 4) is 11.3 Å². The Morgan fingerprint density at radius 3 is 2.33 bits per heavy atom. The zero-order valence-corrected chi connectivity index (χ0v) is 22.2. The highest BCUT2D eigenvalue weighted by Crippen LogP contribution is 2.39. The number of rotatable bonds is 8. The highest BCUT2D eigenvalue weighted by molar-refractivity contribution is 5.76. The van der Waals surface area contributed by atoms with Crippen molar-refractivity contribution < 1.29 is 9.53 Å². The maximum Gasteiger partial charge on any atom is 0.228 e. The van der Waals surface area contributed by atoms with E-state index in [0.717, 1.165) is 99.8 Å². The van der Waals surface area contributed by atoms with Crippen molar-refractivity contribution in [1.29, 1.82) is 0 Å². The van der Waals surface area contributed by atoms with Gasteiger partial charge in [-0.3, -0.25) is 4.90 Å². The number of benzene rings is 1. The van der Waals surface area contributed by atoms with E-state index < -0.39 is 0 Å². The molecule has 11 heteroatoms. The van der Waals surface area contributed by atoms with Gasteiger partial charge in [-0.05, 0) is 30.5 Å². The van der Waals surface area contributed by atoms with Crippen LogP contribution in [0.3, 0.4) is 0 Å². The topological polar surface area (TPSA) is 117 Å². The molecule has 0 spiro atoms. The molecule has 2 aromatic heterocycles. The molecule has 0 radical (unpaired) electrons. The van der Waals surface area contributed by atoms with Crippen LogP contribution in [0.1, 0.15) is 11.1 Å². The van der Waals surface area contributed by atoms with Crippen LogP contribution in [0.2, 0.25) is 0 Å². The number of piperazine rings is 1. The molecular formula is C28H35N9O2. The Hall–Kier alpha value is -3.67. The van der Waals surface area contributed by atoms with Gasteiger partial charge in [0.15, 0.2) is 0 Å². The van der Waals surface area contributed by atoms with Crippen LogP contribution in [0.4, 0.5) is 23.4 Å². The molecule has 0 unspecified atom stereocenters. The van der Waals surface area contributed by atoms with E-state index in [-0.39, 0.29) is 5.95 Å². The second-order valence-corrected chi connectivity index (χ2v) is 10.2. The van der Waals surface area contributed by atoms with E-state index in [0.29, 0.717) is 25.7 Å². The number of nitrogen functional groups attached to an aromatic ring is 1. The smallest absolute Gasteiger partial charge is 0.228 e. The van der Waals surface area contributed by atoms with Gasteiger partial charge >= 0.3 is 0 Å². The molecule has 0 atom stereocenters. The normalized spacial score (nSPS) is 18.4. The summed E-state index contributed by atoms with van der Waals surface area (Å²) in [6, 6.07) is 8.87. The fourth-order valence-electron chi connectivity index (χ4n) is 5.53. The summed E-state index contributed by atoms with van der Waals surface area (Å²) in [6.07, 6.45) is 6.34. The number of carbonyl (C=O) groups excluding carboxylic acids is 1. The van der Waals surface area contributed by atoms with E-state index in [1.807, 2.05) is 0 Å². The number of hydrogen-bond acceptors (Lipinski definition) is 11. The molecule has 204 valence electrons. The Morgan fingerprint density at radius 2 is 1.62 bits per heavy atom. The van der Waals surface area contributed by atoms with Crippen molar-refractivity contribution >= 4 is 29.7 Å². The van der Waals surface area contributed by atoms with Crippen molar-refractivity contribution in [2.45, 2.75) is 12.8 Å². The zero-order valence-electron chi connectivity index (χ0n) is 22.2. The number of nitrogens with two attached hydrogens (primary N) is 1. The lowest BCUT2D eigenvalue weighted by Crippen LogP contribution is -2.47. The Balaban J connectivity index is 1.20. The molecule has 11 nitrogen and oxygen atoms in total. The SMILES string of the molecule is Nc1ncc(-c2nc(N3CCOCC3)nc3c2CCN3c2ccc(CCN3CCN(CC=O)CC3)cc2)cn1. The van der Waals surface area contributed by atoms with E-state index in [1.165, 1.54) is 5.56 Å². The average Bonchev–Trinajstić information content (AvgIpc) is 3.42. The van der Waals surface area contributed by atoms with Crippen LogP contribution in [0.5, 0.6) is 0 Å². The molecule has 1 aromatic carbocycles. The molecule has 0 amide bonds. The molecule has 3 aliphatic rings. The molecule has 0 bridgehead atoms. The van der Waals surface area contributed by atoms with Gasteiger partial charge in [0.25, 0.3) is 0 Å². The Bertz CT molecular complexity index is 1270. The van der Waals surface area contributed by atoms with Crippen LogP contribution < -0.4 is 15.5 Å². The predicted octanol–water partition coefficient (Wildman–Crippen LogP) is 1.41. The average molecular weight is 530 g/mol. The molecular weight excluding hydrogens is 494 g/mol. The monoisotopic (exact) mass is 529 g/mol. The number of anilines is 4. The number of fused-ring (bicyclic) bond motifs is 1. The molecule has 2 N–H and O–H groups in total. The summed E-state index contributed by atoms with van der Waals surface area (Å²) >= 11 is 0. The first-order valence-electron chi connectivity index (χ1n) is 13.7. The largest absolute Gasteiger partial charge is 0.378 e. The van der Waals surface area contributed by atoms with E-state index in [4.69, 9.17) is 20.4 Å². The van der Waals surface area contributed by atoms with Gasteiger partial charge in [0, 0.05) is 81.6 Å². The van der Waals surface area contributed by atoms with Crippen LogP contribution in [-0.4, -0.2) is 108 Å². The number of morpholine rings is 1. The standard InChI is InChI=1S/C28H35N9O2/c29-27-30-19-22(20-31-27)25-24-6-8-37(26(24)33-28(32-25)36-14-17-39-18-15-36)23-3-1-21(2-4-23)5-7-34-9-11-35(12-10-34)13-16-38/h1-4,16,19-20H,5-15,17-18H2,(H2,29,30,31). The molecule has 3 aromatic rings. The van der Waals surface area contributed by atoms with Crippen molar-refractivity contribution in [2.24, 2.45) is 0 Å². The summed E-state index contributed by atoms with van der Waals surface area (Å²) in [5, 5.41) is 0. The number of carbonyl (C=O) groups is 1. The minimum absolute atomic E-state index is 0.250. The van der Waals surface area contributed by atoms with E-state index in [9.17, 15) is 4.79 Å². The van der Waals surface area contributed by atoms with Gasteiger partial charge in [-0.25, -0.2) is 15.0 Å². The van der Waals surface area contributed by atoms with Gasteiger partial charge in [0.05, 0.1) is 25.5 Å². The number of nitrogens with zero attached hydrogens (tertiary/aromatic N) is 8. The van der Waals surface area contributed by atoms with Gasteiger partial charge in [0.2, 0.25) is 11.9 Å². The van der Waals surface area contributed by atoms with Crippen molar-refractivity contribution in [2.75, 3.05) is 87.7 Å². The first kappa shape index (κ1) is 25.6. The molecule has 5 heterocycles. The minimum Gasteiger partial charge on any atom is -0.378 e. The Labute approximate surface area is 228 Å². The predicted molar refractivity (Wildman–Crippen MR) is 150 cm³/mol. The third-order valence-electron chi connectivity index (χ3n) is 7.82. The molecule has 0 aliphatic carbocycles. The summed E-state index contributed by atoms with van der Waals surface area (Å²) in [7, 11) is 0. The molecule has 3 aliphatic heterocycles. The van der Waals surface area contributed by atoms with Gasteiger partial charge < -0.3 is 30.0 Å². The van der Waals surface area contributed by atoms with Crippen LogP contribution in [0, 0.1) is 0 Å². The number of ether oxygens (including phenoxy) is 1. The lowest BCUT2D eigenvalue weighted by Gasteiger charge is -2.33. The van der Waals surface area contributed by atoms with Gasteiger partial charge in [-0.2, -0.15) is 4.98 Å². The molecule has 2 saturated heterocycles. The van der Waals surface area contributed by atoms with Crippen molar-refractivity contribution in [3.63, 3.8) is 0 Å². The molecule has 39 heavy (non-hydrogen) atoms. The Kier molecular flexibility index (Phi) is 7.62. The maximum atomic E-state index is 10.8. The summed E-state index contributed by atoms with van der Waals surface area (Å²) in [4.78, 5) is 38.4. The van der Waals surface area contributed by atoms with Crippen LogP contribution >= 0.6 is 0 Å². The summed E-state index contributed by atoms with van der Waals surface area (Å²) in [6.45, 7) is 9.23. The first-order chi connectivity index (χ1) is 19.2. The van der Waals surface area contributed by atoms with Crippen LogP contribution in [-0.2, 0) is 22.4 Å². The van der Waals surface area contributed by atoms with Gasteiger partial charge in [-0.15, -0.1) is 0 Å². The lowest BCUT2D eigenvalue weighted by molar-refractivity contribution is -0.109. The van der Waals surface area contributed by atoms with Gasteiger partial charge in [0.1, 0.15) is 12.1 Å². The third-order valence-corrected chi connectivity index (χ3v) is 7.82. The quantitative estimate of drug-likeness (QED) is 0.427. The molecule has 0 saturated carbocycles. The first-order valence-corrected chi connectivity index (χ1v) is 13.7.